The SMILES string of the molecule is COc1ccc(CNC(=O)CC#N)c(OCCOc2c(C)ccc(C)c2C)c1. The molecule has 2 aromatic rings. The van der Waals surface area contributed by atoms with Gasteiger partial charge in [-0.1, -0.05) is 12.1 Å². The molecule has 2 aromatic carbocycles. The molecule has 148 valence electrons. The molecule has 6 heteroatoms. The van der Waals surface area contributed by atoms with Crippen molar-refractivity contribution < 1.29 is 19.0 Å². The van der Waals surface area contributed by atoms with E-state index in [-0.39, 0.29) is 18.9 Å². The fourth-order valence-corrected chi connectivity index (χ4v) is 2.71. The number of rotatable bonds is 9. The predicted octanol–water partition coefficient (Wildman–Crippen LogP) is 3.61. The van der Waals surface area contributed by atoms with Crippen molar-refractivity contribution in [2.24, 2.45) is 0 Å². The molecule has 6 nitrogen and oxygen atoms in total. The van der Waals surface area contributed by atoms with Crippen molar-refractivity contribution in [3.8, 4) is 23.3 Å². The molecule has 0 heterocycles. The van der Waals surface area contributed by atoms with Crippen LogP contribution in [0, 0.1) is 32.1 Å². The Kier molecular flexibility index (Phi) is 7.70. The number of ether oxygens (including phenoxy) is 3. The van der Waals surface area contributed by atoms with Gasteiger partial charge in [-0.2, -0.15) is 5.26 Å². The highest BCUT2D eigenvalue weighted by Gasteiger charge is 2.10. The molecule has 1 N–H and O–H groups in total. The van der Waals surface area contributed by atoms with E-state index < -0.39 is 0 Å². The van der Waals surface area contributed by atoms with E-state index in [1.54, 1.807) is 19.2 Å². The number of hydrogen-bond donors (Lipinski definition) is 1. The Morgan fingerprint density at radius 1 is 1.07 bits per heavy atom. The van der Waals surface area contributed by atoms with E-state index in [0.717, 1.165) is 22.4 Å². The van der Waals surface area contributed by atoms with Gasteiger partial charge >= 0.3 is 0 Å². The zero-order valence-corrected chi connectivity index (χ0v) is 16.8. The van der Waals surface area contributed by atoms with Crippen LogP contribution in [0.1, 0.15) is 28.7 Å². The Morgan fingerprint density at radius 2 is 1.79 bits per heavy atom. The smallest absolute Gasteiger partial charge is 0.234 e. The Hall–Kier alpha value is -3.20. The van der Waals surface area contributed by atoms with Crippen molar-refractivity contribution >= 4 is 5.91 Å². The highest BCUT2D eigenvalue weighted by Crippen LogP contribution is 2.27. The molecule has 0 aromatic heterocycles. The van der Waals surface area contributed by atoms with Crippen LogP contribution in [0.5, 0.6) is 17.2 Å². The summed E-state index contributed by atoms with van der Waals surface area (Å²) in [5.74, 6) is 1.84. The summed E-state index contributed by atoms with van der Waals surface area (Å²) >= 11 is 0. The average molecular weight is 382 g/mol. The quantitative estimate of drug-likeness (QED) is 0.670. The molecule has 0 saturated carbocycles. The van der Waals surface area contributed by atoms with Crippen molar-refractivity contribution in [3.05, 3.63) is 52.6 Å². The van der Waals surface area contributed by atoms with Gasteiger partial charge in [0, 0.05) is 18.2 Å². The molecule has 0 atom stereocenters. The van der Waals surface area contributed by atoms with Gasteiger partial charge in [0.2, 0.25) is 5.91 Å². The van der Waals surface area contributed by atoms with Crippen molar-refractivity contribution in [2.75, 3.05) is 20.3 Å². The molecule has 0 unspecified atom stereocenters. The third kappa shape index (κ3) is 5.65. The number of benzene rings is 2. The van der Waals surface area contributed by atoms with Gasteiger partial charge in [0.05, 0.1) is 13.2 Å². The first-order valence-electron chi connectivity index (χ1n) is 9.09. The van der Waals surface area contributed by atoms with E-state index in [9.17, 15) is 4.79 Å². The number of nitrogens with one attached hydrogen (secondary N) is 1. The number of carbonyl (C=O) groups excluding carboxylic acids is 1. The summed E-state index contributed by atoms with van der Waals surface area (Å²) in [4.78, 5) is 11.5. The summed E-state index contributed by atoms with van der Waals surface area (Å²) in [5, 5.41) is 11.3. The highest BCUT2D eigenvalue weighted by atomic mass is 16.5. The Balaban J connectivity index is 1.99. The van der Waals surface area contributed by atoms with E-state index in [0.29, 0.717) is 24.7 Å². The first kappa shape index (κ1) is 21.1. The van der Waals surface area contributed by atoms with Gasteiger partial charge in [0.1, 0.15) is 36.9 Å². The van der Waals surface area contributed by atoms with E-state index in [4.69, 9.17) is 19.5 Å². The minimum atomic E-state index is -0.321. The Labute approximate surface area is 166 Å². The second-order valence-electron chi connectivity index (χ2n) is 6.44. The summed E-state index contributed by atoms with van der Waals surface area (Å²) in [6.45, 7) is 7.13. The van der Waals surface area contributed by atoms with Crippen LogP contribution in [0.2, 0.25) is 0 Å². The molecule has 0 aliphatic carbocycles. The summed E-state index contributed by atoms with van der Waals surface area (Å²) in [7, 11) is 1.58. The lowest BCUT2D eigenvalue weighted by Gasteiger charge is -2.16. The van der Waals surface area contributed by atoms with Crippen molar-refractivity contribution in [3.63, 3.8) is 0 Å². The standard InChI is InChI=1S/C22H26N2O4/c1-15-5-6-16(2)22(17(15)3)28-12-11-27-20-13-19(26-4)8-7-18(20)14-24-21(25)9-10-23/h5-8,13H,9,11-12,14H2,1-4H3,(H,24,25). The van der Waals surface area contributed by atoms with Gasteiger partial charge in [-0.15, -0.1) is 0 Å². The number of aryl methyl sites for hydroxylation is 2. The van der Waals surface area contributed by atoms with Crippen LogP contribution < -0.4 is 19.5 Å². The van der Waals surface area contributed by atoms with E-state index in [1.807, 2.05) is 32.0 Å². The van der Waals surface area contributed by atoms with Gasteiger partial charge in [0.15, 0.2) is 0 Å². The maximum atomic E-state index is 11.5. The van der Waals surface area contributed by atoms with Crippen LogP contribution >= 0.6 is 0 Å². The van der Waals surface area contributed by atoms with Gasteiger partial charge in [-0.3, -0.25) is 4.79 Å². The fourth-order valence-electron chi connectivity index (χ4n) is 2.71. The highest BCUT2D eigenvalue weighted by molar-refractivity contribution is 5.78. The monoisotopic (exact) mass is 382 g/mol. The van der Waals surface area contributed by atoms with Crippen molar-refractivity contribution in [1.82, 2.24) is 5.32 Å². The molecule has 2 rings (SSSR count). The molecular weight excluding hydrogens is 356 g/mol. The molecule has 0 bridgehead atoms. The molecule has 0 saturated heterocycles. The summed E-state index contributed by atoms with van der Waals surface area (Å²) in [6.07, 6.45) is -0.171. The van der Waals surface area contributed by atoms with E-state index >= 15 is 0 Å². The topological polar surface area (TPSA) is 80.6 Å². The predicted molar refractivity (Wildman–Crippen MR) is 107 cm³/mol. The largest absolute Gasteiger partial charge is 0.497 e. The second kappa shape index (κ2) is 10.2. The number of nitriles is 1. The third-order valence-electron chi connectivity index (χ3n) is 4.45. The van der Waals surface area contributed by atoms with Crippen LogP contribution in [0.15, 0.2) is 30.3 Å². The van der Waals surface area contributed by atoms with Crippen LogP contribution in [0.25, 0.3) is 0 Å². The van der Waals surface area contributed by atoms with E-state index in [2.05, 4.69) is 18.3 Å². The number of amides is 1. The molecule has 0 spiro atoms. The number of nitrogens with zero attached hydrogens (tertiary/aromatic N) is 1. The number of hydrogen-bond acceptors (Lipinski definition) is 5. The van der Waals surface area contributed by atoms with Crippen LogP contribution in [0.3, 0.4) is 0 Å². The summed E-state index contributed by atoms with van der Waals surface area (Å²) in [6, 6.07) is 11.4. The minimum absolute atomic E-state index is 0.171. The maximum absolute atomic E-state index is 11.5. The number of methoxy groups -OCH3 is 1. The summed E-state index contributed by atoms with van der Waals surface area (Å²) in [5.41, 5.74) is 4.20. The third-order valence-corrected chi connectivity index (χ3v) is 4.45. The fraction of sp³-hybridized carbons (Fsp3) is 0.364. The number of carbonyl (C=O) groups is 1. The van der Waals surface area contributed by atoms with E-state index in [1.165, 1.54) is 5.56 Å². The zero-order chi connectivity index (χ0) is 20.5. The molecule has 0 aliphatic heterocycles. The van der Waals surface area contributed by atoms with Gasteiger partial charge in [-0.25, -0.2) is 0 Å². The van der Waals surface area contributed by atoms with Crippen molar-refractivity contribution in [1.29, 1.82) is 5.26 Å². The minimum Gasteiger partial charge on any atom is -0.497 e. The molecule has 1 amide bonds. The molecule has 28 heavy (non-hydrogen) atoms. The maximum Gasteiger partial charge on any atom is 0.234 e. The Morgan fingerprint density at radius 3 is 2.50 bits per heavy atom. The van der Waals surface area contributed by atoms with Crippen LogP contribution in [-0.4, -0.2) is 26.2 Å². The van der Waals surface area contributed by atoms with Crippen LogP contribution in [-0.2, 0) is 11.3 Å². The van der Waals surface area contributed by atoms with Crippen molar-refractivity contribution in [2.45, 2.75) is 33.7 Å². The summed E-state index contributed by atoms with van der Waals surface area (Å²) < 4.78 is 17.1. The normalized spacial score (nSPS) is 10.1. The average Bonchev–Trinajstić information content (AvgIpc) is 2.69. The Bertz CT molecular complexity index is 872. The lowest BCUT2D eigenvalue weighted by molar-refractivity contribution is -0.120. The van der Waals surface area contributed by atoms with Gasteiger partial charge in [0.25, 0.3) is 0 Å². The molecular formula is C22H26N2O4. The van der Waals surface area contributed by atoms with Gasteiger partial charge < -0.3 is 19.5 Å². The van der Waals surface area contributed by atoms with Crippen LogP contribution in [0.4, 0.5) is 0 Å². The first-order valence-corrected chi connectivity index (χ1v) is 9.09. The lowest BCUT2D eigenvalue weighted by atomic mass is 10.1. The second-order valence-corrected chi connectivity index (χ2v) is 6.44. The lowest BCUT2D eigenvalue weighted by Crippen LogP contribution is -2.22. The molecule has 0 radical (unpaired) electrons. The first-order chi connectivity index (χ1) is 13.5. The molecule has 0 fully saturated rings. The van der Waals surface area contributed by atoms with Gasteiger partial charge in [-0.05, 0) is 49.6 Å². The zero-order valence-electron chi connectivity index (χ0n) is 16.8. The molecule has 0 aliphatic rings.